The summed E-state index contributed by atoms with van der Waals surface area (Å²) < 4.78 is 25.0. The van der Waals surface area contributed by atoms with Crippen LogP contribution >= 0.6 is 0 Å². The van der Waals surface area contributed by atoms with E-state index in [1.54, 1.807) is 0 Å². The first kappa shape index (κ1) is 7.44. The Morgan fingerprint density at radius 3 is 2.00 bits per heavy atom. The molecule has 0 radical (unpaired) electrons. The zero-order valence-corrected chi connectivity index (χ0v) is 5.66. The highest BCUT2D eigenvalue weighted by Crippen LogP contribution is 2.56. The first-order chi connectivity index (χ1) is 4.40. The molecule has 0 spiro atoms. The summed E-state index contributed by atoms with van der Waals surface area (Å²) in [6.07, 6.45) is 0.456. The largest absolute Gasteiger partial charge is 0.369 e. The van der Waals surface area contributed by atoms with Crippen molar-refractivity contribution < 1.29 is 13.6 Å². The lowest BCUT2D eigenvalue weighted by Gasteiger charge is -2.18. The summed E-state index contributed by atoms with van der Waals surface area (Å²) >= 11 is 0. The molecule has 0 aromatic carbocycles. The van der Waals surface area contributed by atoms with E-state index in [4.69, 9.17) is 5.73 Å². The van der Waals surface area contributed by atoms with Crippen LogP contribution < -0.4 is 5.73 Å². The standard InChI is InChI=1S/C6H9F2NO/c1-5(7,8)6(2-3-6)4(9)10/h2-3H2,1H3,(H2,9,10). The van der Waals surface area contributed by atoms with Gasteiger partial charge in [-0.15, -0.1) is 0 Å². The van der Waals surface area contributed by atoms with Crippen LogP contribution in [0.1, 0.15) is 19.8 Å². The van der Waals surface area contributed by atoms with Crippen molar-refractivity contribution in [3.05, 3.63) is 0 Å². The van der Waals surface area contributed by atoms with Crippen molar-refractivity contribution in [1.29, 1.82) is 0 Å². The third kappa shape index (κ3) is 0.786. The normalized spacial score (nSPS) is 22.3. The Kier molecular flexibility index (Phi) is 1.25. The average molecular weight is 149 g/mol. The molecule has 2 nitrogen and oxygen atoms in total. The molecular weight excluding hydrogens is 140 g/mol. The minimum atomic E-state index is -2.95. The van der Waals surface area contributed by atoms with Gasteiger partial charge in [-0.05, 0) is 12.8 Å². The van der Waals surface area contributed by atoms with Gasteiger partial charge in [-0.3, -0.25) is 4.79 Å². The second-order valence-electron chi connectivity index (χ2n) is 2.83. The molecule has 0 unspecified atom stereocenters. The van der Waals surface area contributed by atoms with Gasteiger partial charge in [0.2, 0.25) is 5.91 Å². The maximum atomic E-state index is 12.5. The SMILES string of the molecule is CC(F)(F)C1(C(N)=O)CC1. The Morgan fingerprint density at radius 2 is 2.00 bits per heavy atom. The number of halogens is 2. The molecule has 0 saturated heterocycles. The first-order valence-corrected chi connectivity index (χ1v) is 3.08. The molecule has 0 aliphatic heterocycles. The van der Waals surface area contributed by atoms with Gasteiger partial charge in [-0.2, -0.15) is 0 Å². The molecule has 1 amide bonds. The molecule has 0 aromatic rings. The first-order valence-electron chi connectivity index (χ1n) is 3.08. The van der Waals surface area contributed by atoms with Crippen molar-refractivity contribution in [3.8, 4) is 0 Å². The molecule has 1 aliphatic carbocycles. The van der Waals surface area contributed by atoms with Gasteiger partial charge in [0, 0.05) is 6.92 Å². The molecule has 1 fully saturated rings. The number of hydrogen-bond acceptors (Lipinski definition) is 1. The smallest absolute Gasteiger partial charge is 0.259 e. The highest BCUT2D eigenvalue weighted by molar-refractivity contribution is 5.84. The molecule has 58 valence electrons. The number of primary amides is 1. The van der Waals surface area contributed by atoms with Gasteiger partial charge >= 0.3 is 0 Å². The number of alkyl halides is 2. The second kappa shape index (κ2) is 1.68. The molecule has 1 aliphatic rings. The quantitative estimate of drug-likeness (QED) is 0.623. The minimum Gasteiger partial charge on any atom is -0.369 e. The van der Waals surface area contributed by atoms with Crippen LogP contribution in [0.2, 0.25) is 0 Å². The lowest BCUT2D eigenvalue weighted by molar-refractivity contribution is -0.138. The van der Waals surface area contributed by atoms with E-state index >= 15 is 0 Å². The average Bonchev–Trinajstić information content (AvgIpc) is 2.36. The van der Waals surface area contributed by atoms with Crippen LogP contribution in [0.3, 0.4) is 0 Å². The fraction of sp³-hybridized carbons (Fsp3) is 0.833. The highest BCUT2D eigenvalue weighted by atomic mass is 19.3. The molecule has 1 rings (SSSR count). The summed E-state index contributed by atoms with van der Waals surface area (Å²) in [5, 5.41) is 0. The Balaban J connectivity index is 2.80. The highest BCUT2D eigenvalue weighted by Gasteiger charge is 2.63. The lowest BCUT2D eigenvalue weighted by Crippen LogP contribution is -2.38. The van der Waals surface area contributed by atoms with Crippen LogP contribution in [0.5, 0.6) is 0 Å². The van der Waals surface area contributed by atoms with Gasteiger partial charge < -0.3 is 5.73 Å². The van der Waals surface area contributed by atoms with Crippen molar-refractivity contribution in [2.75, 3.05) is 0 Å². The molecule has 0 atom stereocenters. The topological polar surface area (TPSA) is 43.1 Å². The van der Waals surface area contributed by atoms with Gasteiger partial charge in [0.05, 0.1) is 0 Å². The van der Waals surface area contributed by atoms with Crippen LogP contribution in [-0.2, 0) is 4.79 Å². The van der Waals surface area contributed by atoms with E-state index in [9.17, 15) is 13.6 Å². The molecule has 0 heterocycles. The number of hydrogen-bond donors (Lipinski definition) is 1. The van der Waals surface area contributed by atoms with Crippen LogP contribution in [0.15, 0.2) is 0 Å². The number of nitrogens with two attached hydrogens (primary N) is 1. The van der Waals surface area contributed by atoms with Crippen molar-refractivity contribution in [2.45, 2.75) is 25.7 Å². The van der Waals surface area contributed by atoms with Crippen LogP contribution in [0.4, 0.5) is 8.78 Å². The van der Waals surface area contributed by atoms with Crippen molar-refractivity contribution in [3.63, 3.8) is 0 Å². The number of carbonyl (C=O) groups is 1. The summed E-state index contributed by atoms with van der Waals surface area (Å²) in [6, 6.07) is 0. The number of rotatable bonds is 2. The molecule has 0 aromatic heterocycles. The summed E-state index contributed by atoms with van der Waals surface area (Å²) in [5.74, 6) is -3.82. The zero-order valence-electron chi connectivity index (χ0n) is 5.66. The monoisotopic (exact) mass is 149 g/mol. The summed E-state index contributed by atoms with van der Waals surface area (Å²) in [6.45, 7) is 0.741. The van der Waals surface area contributed by atoms with Crippen LogP contribution in [0, 0.1) is 5.41 Å². The predicted octanol–water partition coefficient (Wildman–Crippen LogP) is 0.907. The van der Waals surface area contributed by atoms with E-state index in [2.05, 4.69) is 0 Å². The Bertz CT molecular complexity index is 169. The van der Waals surface area contributed by atoms with Crippen molar-refractivity contribution >= 4 is 5.91 Å². The number of carbonyl (C=O) groups excluding carboxylic acids is 1. The Morgan fingerprint density at radius 1 is 1.60 bits per heavy atom. The molecule has 4 heteroatoms. The molecule has 2 N–H and O–H groups in total. The molecular formula is C6H9F2NO. The van der Waals surface area contributed by atoms with Gasteiger partial charge in [-0.25, -0.2) is 8.78 Å². The fourth-order valence-electron chi connectivity index (χ4n) is 1.03. The summed E-state index contributed by atoms with van der Waals surface area (Å²) in [7, 11) is 0. The van der Waals surface area contributed by atoms with E-state index < -0.39 is 17.2 Å². The summed E-state index contributed by atoms with van der Waals surface area (Å²) in [4.78, 5) is 10.5. The fourth-order valence-corrected chi connectivity index (χ4v) is 1.03. The maximum Gasteiger partial charge on any atom is 0.259 e. The predicted molar refractivity (Wildman–Crippen MR) is 31.5 cm³/mol. The van der Waals surface area contributed by atoms with Crippen molar-refractivity contribution in [2.24, 2.45) is 11.1 Å². The van der Waals surface area contributed by atoms with Gasteiger partial charge in [0.15, 0.2) is 0 Å². The minimum absolute atomic E-state index is 0.228. The third-order valence-corrected chi connectivity index (χ3v) is 2.06. The van der Waals surface area contributed by atoms with Gasteiger partial charge in [0.1, 0.15) is 5.41 Å². The molecule has 1 saturated carbocycles. The van der Waals surface area contributed by atoms with Gasteiger partial charge in [-0.1, -0.05) is 0 Å². The van der Waals surface area contributed by atoms with E-state index in [1.165, 1.54) is 0 Å². The maximum absolute atomic E-state index is 12.5. The Hall–Kier alpha value is -0.670. The lowest BCUT2D eigenvalue weighted by atomic mass is 9.99. The van der Waals surface area contributed by atoms with Gasteiger partial charge in [0.25, 0.3) is 5.92 Å². The van der Waals surface area contributed by atoms with E-state index in [0.29, 0.717) is 0 Å². The van der Waals surface area contributed by atoms with Crippen LogP contribution in [-0.4, -0.2) is 11.8 Å². The third-order valence-electron chi connectivity index (χ3n) is 2.06. The van der Waals surface area contributed by atoms with E-state index in [-0.39, 0.29) is 12.8 Å². The molecule has 0 bridgehead atoms. The van der Waals surface area contributed by atoms with E-state index in [0.717, 1.165) is 6.92 Å². The Labute approximate surface area is 57.4 Å². The van der Waals surface area contributed by atoms with E-state index in [1.807, 2.05) is 0 Å². The summed E-state index contributed by atoms with van der Waals surface area (Å²) in [5.41, 5.74) is 3.29. The zero-order chi connectivity index (χ0) is 7.99. The van der Waals surface area contributed by atoms with Crippen LogP contribution in [0.25, 0.3) is 0 Å². The van der Waals surface area contributed by atoms with Crippen molar-refractivity contribution in [1.82, 2.24) is 0 Å². The second-order valence-corrected chi connectivity index (χ2v) is 2.83. The number of amides is 1. The molecule has 10 heavy (non-hydrogen) atoms.